The molecule has 2 bridgehead atoms. The fourth-order valence-electron chi connectivity index (χ4n) is 4.25. The number of anilines is 1. The second-order valence-corrected chi connectivity index (χ2v) is 8.58. The smallest absolute Gasteiger partial charge is 0.182 e. The number of hydrogen-bond acceptors (Lipinski definition) is 4. The molecule has 0 aromatic carbocycles. The van der Waals surface area contributed by atoms with E-state index in [1.54, 1.807) is 11.3 Å². The number of fused-ring (bicyclic) bond motifs is 2. The first-order valence-corrected chi connectivity index (χ1v) is 9.09. The van der Waals surface area contributed by atoms with Crippen molar-refractivity contribution in [2.75, 3.05) is 11.9 Å². The minimum Gasteiger partial charge on any atom is -0.372 e. The minimum absolute atomic E-state index is 0.353. The molecule has 3 nitrogen and oxygen atoms in total. The van der Waals surface area contributed by atoms with Crippen LogP contribution in [0.2, 0.25) is 0 Å². The highest BCUT2D eigenvalue weighted by atomic mass is 32.1. The average Bonchev–Trinajstić information content (AvgIpc) is 3.04. The summed E-state index contributed by atoms with van der Waals surface area (Å²) in [7, 11) is 0. The van der Waals surface area contributed by atoms with Crippen LogP contribution in [0.25, 0.3) is 0 Å². The zero-order chi connectivity index (χ0) is 15.1. The molecule has 1 aromatic rings. The summed E-state index contributed by atoms with van der Waals surface area (Å²) < 4.78 is 6.32. The van der Waals surface area contributed by atoms with Crippen molar-refractivity contribution in [2.45, 2.75) is 66.1 Å². The molecule has 2 saturated carbocycles. The number of nitrogens with zero attached hydrogens (tertiary/aromatic N) is 1. The summed E-state index contributed by atoms with van der Waals surface area (Å²) in [4.78, 5) is 5.65. The number of ether oxygens (including phenoxy) is 1. The molecule has 1 heterocycles. The van der Waals surface area contributed by atoms with E-state index in [2.05, 4.69) is 38.0 Å². The molecule has 0 saturated heterocycles. The zero-order valence-corrected chi connectivity index (χ0v) is 14.6. The fourth-order valence-corrected chi connectivity index (χ4v) is 5.01. The van der Waals surface area contributed by atoms with Crippen LogP contribution in [0.3, 0.4) is 0 Å². The van der Waals surface area contributed by atoms with Gasteiger partial charge in [-0.05, 0) is 42.4 Å². The van der Waals surface area contributed by atoms with Gasteiger partial charge in [0.05, 0.1) is 17.6 Å². The second kappa shape index (κ2) is 5.54. The third-order valence-corrected chi connectivity index (χ3v) is 7.15. The van der Waals surface area contributed by atoms with Crippen molar-refractivity contribution >= 4 is 16.5 Å². The zero-order valence-electron chi connectivity index (χ0n) is 13.7. The Kier molecular flexibility index (Phi) is 4.04. The first-order chi connectivity index (χ1) is 9.97. The molecule has 118 valence electrons. The number of aromatic nitrogens is 1. The molecule has 0 amide bonds. The first kappa shape index (κ1) is 15.3. The molecule has 3 atom stereocenters. The van der Waals surface area contributed by atoms with Gasteiger partial charge >= 0.3 is 0 Å². The fraction of sp³-hybridized carbons (Fsp3) is 0.824. The molecule has 1 aromatic heterocycles. The van der Waals surface area contributed by atoms with Crippen molar-refractivity contribution in [3.63, 3.8) is 0 Å². The van der Waals surface area contributed by atoms with Gasteiger partial charge in [0.2, 0.25) is 0 Å². The van der Waals surface area contributed by atoms with E-state index >= 15 is 0 Å². The Labute approximate surface area is 132 Å². The van der Waals surface area contributed by atoms with E-state index in [4.69, 9.17) is 4.74 Å². The van der Waals surface area contributed by atoms with Crippen LogP contribution >= 0.6 is 11.3 Å². The molecule has 1 N–H and O–H groups in total. The largest absolute Gasteiger partial charge is 0.372 e. The van der Waals surface area contributed by atoms with Gasteiger partial charge in [0, 0.05) is 12.7 Å². The summed E-state index contributed by atoms with van der Waals surface area (Å²) in [5.74, 6) is 0.843. The predicted octanol–water partition coefficient (Wildman–Crippen LogP) is 4.70. The lowest BCUT2D eigenvalue weighted by Gasteiger charge is -2.38. The van der Waals surface area contributed by atoms with Gasteiger partial charge in [-0.3, -0.25) is 0 Å². The van der Waals surface area contributed by atoms with Crippen LogP contribution in [0.4, 0.5) is 5.13 Å². The van der Waals surface area contributed by atoms with Crippen LogP contribution < -0.4 is 5.32 Å². The molecule has 3 unspecified atom stereocenters. The number of hydrogen-bond donors (Lipinski definition) is 1. The Morgan fingerprint density at radius 1 is 1.43 bits per heavy atom. The van der Waals surface area contributed by atoms with E-state index in [1.807, 2.05) is 6.20 Å². The Morgan fingerprint density at radius 2 is 2.24 bits per heavy atom. The van der Waals surface area contributed by atoms with Crippen LogP contribution in [0.5, 0.6) is 0 Å². The molecule has 3 rings (SSSR count). The number of rotatable bonds is 6. The quantitative estimate of drug-likeness (QED) is 0.827. The van der Waals surface area contributed by atoms with E-state index < -0.39 is 0 Å². The Hall–Kier alpha value is -0.610. The van der Waals surface area contributed by atoms with Gasteiger partial charge in [-0.15, -0.1) is 0 Å². The average molecular weight is 308 g/mol. The monoisotopic (exact) mass is 308 g/mol. The third kappa shape index (κ3) is 2.50. The number of thiazole rings is 1. The summed E-state index contributed by atoms with van der Waals surface area (Å²) in [5, 5.41) is 4.37. The second-order valence-electron chi connectivity index (χ2n) is 7.47. The summed E-state index contributed by atoms with van der Waals surface area (Å²) in [5.41, 5.74) is 0.783. The molecule has 21 heavy (non-hydrogen) atoms. The lowest BCUT2D eigenvalue weighted by molar-refractivity contribution is -0.0542. The maximum Gasteiger partial charge on any atom is 0.182 e. The van der Waals surface area contributed by atoms with Crippen molar-refractivity contribution in [2.24, 2.45) is 16.7 Å². The van der Waals surface area contributed by atoms with Crippen LogP contribution in [0.15, 0.2) is 6.20 Å². The lowest BCUT2D eigenvalue weighted by Crippen LogP contribution is -2.37. The molecule has 0 radical (unpaired) electrons. The highest BCUT2D eigenvalue weighted by Crippen LogP contribution is 2.66. The molecular weight excluding hydrogens is 280 g/mol. The maximum absolute atomic E-state index is 6.32. The Morgan fingerprint density at radius 3 is 2.86 bits per heavy atom. The van der Waals surface area contributed by atoms with Crippen molar-refractivity contribution in [3.8, 4) is 0 Å². The summed E-state index contributed by atoms with van der Waals surface area (Å²) >= 11 is 1.73. The van der Waals surface area contributed by atoms with Crippen molar-refractivity contribution in [1.29, 1.82) is 0 Å². The van der Waals surface area contributed by atoms with Crippen LogP contribution in [-0.4, -0.2) is 17.6 Å². The predicted molar refractivity (Wildman–Crippen MR) is 88.7 cm³/mol. The van der Waals surface area contributed by atoms with Gasteiger partial charge in [0.15, 0.2) is 5.13 Å². The van der Waals surface area contributed by atoms with Gasteiger partial charge in [0.25, 0.3) is 0 Å². The standard InChI is InChI=1S/C17H28N2OS/c1-5-8-18-15-19-10-13(21-15)11-20-14-9-12-6-7-17(14,4)16(12,2)3/h10,12,14H,5-9,11H2,1-4H3,(H,18,19). The minimum atomic E-state index is 0.353. The molecule has 0 aliphatic heterocycles. The molecular formula is C17H28N2OS. The van der Waals surface area contributed by atoms with E-state index in [0.29, 0.717) is 23.5 Å². The van der Waals surface area contributed by atoms with Crippen molar-refractivity contribution in [1.82, 2.24) is 4.98 Å². The van der Waals surface area contributed by atoms with Crippen LogP contribution in [0, 0.1) is 16.7 Å². The van der Waals surface area contributed by atoms with Gasteiger partial charge in [-0.25, -0.2) is 4.98 Å². The SMILES string of the molecule is CCCNc1ncc(COC2CC3CCC2(C)C3(C)C)s1. The highest BCUT2D eigenvalue weighted by Gasteiger charge is 2.61. The third-order valence-electron chi connectivity index (χ3n) is 6.22. The lowest BCUT2D eigenvalue weighted by atomic mass is 9.70. The molecule has 4 heteroatoms. The van der Waals surface area contributed by atoms with Crippen molar-refractivity contribution < 1.29 is 4.74 Å². The van der Waals surface area contributed by atoms with Crippen LogP contribution in [-0.2, 0) is 11.3 Å². The van der Waals surface area contributed by atoms with Gasteiger partial charge in [0.1, 0.15) is 0 Å². The van der Waals surface area contributed by atoms with Gasteiger partial charge < -0.3 is 10.1 Å². The normalized spacial score (nSPS) is 33.5. The van der Waals surface area contributed by atoms with E-state index in [1.165, 1.54) is 24.1 Å². The highest BCUT2D eigenvalue weighted by molar-refractivity contribution is 7.15. The van der Waals surface area contributed by atoms with Crippen LogP contribution in [0.1, 0.15) is 58.3 Å². The van der Waals surface area contributed by atoms with E-state index in [9.17, 15) is 0 Å². The first-order valence-electron chi connectivity index (χ1n) is 8.27. The summed E-state index contributed by atoms with van der Waals surface area (Å²) in [6, 6.07) is 0. The van der Waals surface area contributed by atoms with Gasteiger partial charge in [-0.1, -0.05) is 39.0 Å². The van der Waals surface area contributed by atoms with E-state index in [0.717, 1.165) is 24.0 Å². The Bertz CT molecular complexity index is 499. The summed E-state index contributed by atoms with van der Waals surface area (Å²) in [6.07, 6.45) is 7.45. The van der Waals surface area contributed by atoms with Gasteiger partial charge in [-0.2, -0.15) is 0 Å². The summed E-state index contributed by atoms with van der Waals surface area (Å²) in [6.45, 7) is 11.2. The number of nitrogens with one attached hydrogen (secondary N) is 1. The molecule has 2 fully saturated rings. The molecule has 2 aliphatic rings. The van der Waals surface area contributed by atoms with E-state index in [-0.39, 0.29) is 0 Å². The molecule has 0 spiro atoms. The molecule has 2 aliphatic carbocycles. The van der Waals surface area contributed by atoms with Crippen molar-refractivity contribution in [3.05, 3.63) is 11.1 Å². The Balaban J connectivity index is 1.58. The topological polar surface area (TPSA) is 34.2 Å². The maximum atomic E-state index is 6.32.